The summed E-state index contributed by atoms with van der Waals surface area (Å²) >= 11 is 1.49. The summed E-state index contributed by atoms with van der Waals surface area (Å²) < 4.78 is 0. The summed E-state index contributed by atoms with van der Waals surface area (Å²) in [5, 5.41) is 5.34. The average Bonchev–Trinajstić information content (AvgIpc) is 3.28. The average molecular weight is 443 g/mol. The van der Waals surface area contributed by atoms with Crippen LogP contribution in [0, 0.1) is 0 Å². The fourth-order valence-electron chi connectivity index (χ4n) is 4.62. The van der Waals surface area contributed by atoms with Gasteiger partial charge in [0.1, 0.15) is 0 Å². The summed E-state index contributed by atoms with van der Waals surface area (Å²) in [5.74, 6) is 0. The highest BCUT2D eigenvalue weighted by molar-refractivity contribution is 7.13. The maximum absolute atomic E-state index is 5.75. The van der Waals surface area contributed by atoms with Crippen molar-refractivity contribution in [1.29, 1.82) is 0 Å². The number of fused-ring (bicyclic) bond motifs is 1. The van der Waals surface area contributed by atoms with Gasteiger partial charge >= 0.3 is 0 Å². The number of nitrogen functional groups attached to an aromatic ring is 1. The Kier molecular flexibility index (Phi) is 6.37. The predicted octanol–water partition coefficient (Wildman–Crippen LogP) is 5.69. The highest BCUT2D eigenvalue weighted by Gasteiger charge is 2.18. The second-order valence-corrected chi connectivity index (χ2v) is 9.44. The first kappa shape index (κ1) is 21.0. The number of aryl methyl sites for hydroxylation is 1. The van der Waals surface area contributed by atoms with Crippen molar-refractivity contribution in [3.63, 3.8) is 0 Å². The van der Waals surface area contributed by atoms with Crippen LogP contribution in [0.25, 0.3) is 22.0 Å². The van der Waals surface area contributed by atoms with Gasteiger partial charge < -0.3 is 10.6 Å². The summed E-state index contributed by atoms with van der Waals surface area (Å²) in [5.41, 5.74) is 10.6. The van der Waals surface area contributed by atoms with Gasteiger partial charge in [0, 0.05) is 48.2 Å². The Balaban J connectivity index is 1.07. The highest BCUT2D eigenvalue weighted by Crippen LogP contribution is 2.27. The molecule has 1 aliphatic heterocycles. The van der Waals surface area contributed by atoms with Crippen molar-refractivity contribution in [3.05, 3.63) is 77.7 Å². The number of thiazole rings is 1. The molecule has 0 aliphatic carbocycles. The molecule has 4 nitrogen and oxygen atoms in total. The number of hydrogen-bond acceptors (Lipinski definition) is 5. The summed E-state index contributed by atoms with van der Waals surface area (Å²) in [6, 6.07) is 24.2. The van der Waals surface area contributed by atoms with E-state index < -0.39 is 0 Å². The van der Waals surface area contributed by atoms with E-state index in [9.17, 15) is 0 Å². The van der Waals surface area contributed by atoms with Crippen molar-refractivity contribution in [3.8, 4) is 11.3 Å². The minimum Gasteiger partial charge on any atom is -0.375 e. The number of rotatable bonds is 7. The van der Waals surface area contributed by atoms with Gasteiger partial charge in [-0.25, -0.2) is 4.98 Å². The Morgan fingerprint density at radius 3 is 2.41 bits per heavy atom. The summed E-state index contributed by atoms with van der Waals surface area (Å²) in [7, 11) is 0. The number of hydrogen-bond donors (Lipinski definition) is 1. The molecule has 1 aliphatic rings. The van der Waals surface area contributed by atoms with E-state index in [0.29, 0.717) is 5.13 Å². The Labute approximate surface area is 194 Å². The van der Waals surface area contributed by atoms with E-state index >= 15 is 0 Å². The lowest BCUT2D eigenvalue weighted by molar-refractivity contribution is 0.253. The second-order valence-electron chi connectivity index (χ2n) is 8.55. The van der Waals surface area contributed by atoms with Crippen molar-refractivity contribution in [2.45, 2.75) is 19.3 Å². The van der Waals surface area contributed by atoms with Gasteiger partial charge in [0.15, 0.2) is 5.13 Å². The van der Waals surface area contributed by atoms with Gasteiger partial charge in [0.2, 0.25) is 0 Å². The van der Waals surface area contributed by atoms with Crippen LogP contribution in [0.4, 0.5) is 10.8 Å². The van der Waals surface area contributed by atoms with Gasteiger partial charge in [-0.1, -0.05) is 60.7 Å². The first-order chi connectivity index (χ1) is 15.8. The molecule has 0 spiro atoms. The molecule has 3 aromatic carbocycles. The standard InChI is InChI=1S/C27H30N4S/c28-27-29-25(20-32-27)23-13-11-21(12-14-23)6-3-4-15-30-16-18-31(19-17-30)26-10-5-8-22-7-1-2-9-24(22)26/h1-2,5,7-14,20H,3-4,6,15-19H2,(H2,28,29). The van der Waals surface area contributed by atoms with Gasteiger partial charge in [-0.3, -0.25) is 4.90 Å². The second kappa shape index (κ2) is 9.72. The van der Waals surface area contributed by atoms with Crippen molar-refractivity contribution >= 4 is 32.9 Å². The minimum absolute atomic E-state index is 0.627. The zero-order chi connectivity index (χ0) is 21.8. The first-order valence-corrected chi connectivity index (χ1v) is 12.4. The van der Waals surface area contributed by atoms with Crippen molar-refractivity contribution in [2.24, 2.45) is 0 Å². The van der Waals surface area contributed by atoms with Gasteiger partial charge in [0.25, 0.3) is 0 Å². The number of aromatic nitrogens is 1. The summed E-state index contributed by atoms with van der Waals surface area (Å²) in [6.07, 6.45) is 3.61. The van der Waals surface area contributed by atoms with Gasteiger partial charge in [-0.05, 0) is 42.8 Å². The normalized spacial score (nSPS) is 14.8. The number of anilines is 2. The Morgan fingerprint density at radius 1 is 0.844 bits per heavy atom. The Hall–Kier alpha value is -2.89. The molecule has 32 heavy (non-hydrogen) atoms. The van der Waals surface area contributed by atoms with Gasteiger partial charge in [-0.2, -0.15) is 0 Å². The molecule has 0 saturated carbocycles. The molecule has 2 N–H and O–H groups in total. The van der Waals surface area contributed by atoms with E-state index in [4.69, 9.17) is 5.73 Å². The molecular formula is C27H30N4S. The SMILES string of the molecule is Nc1nc(-c2ccc(CCCCN3CCN(c4cccc5ccccc45)CC3)cc2)cs1. The lowest BCUT2D eigenvalue weighted by Crippen LogP contribution is -2.46. The molecule has 0 amide bonds. The van der Waals surface area contributed by atoms with Gasteiger partial charge in [-0.15, -0.1) is 11.3 Å². The Bertz CT molecular complexity index is 1150. The molecular weight excluding hydrogens is 412 g/mol. The van der Waals surface area contributed by atoms with E-state index in [-0.39, 0.29) is 0 Å². The third-order valence-corrected chi connectivity index (χ3v) is 7.11. The molecule has 1 aromatic heterocycles. The van der Waals surface area contributed by atoms with E-state index in [1.807, 2.05) is 5.38 Å². The Morgan fingerprint density at radius 2 is 1.62 bits per heavy atom. The van der Waals surface area contributed by atoms with E-state index in [2.05, 4.69) is 81.5 Å². The molecule has 0 atom stereocenters. The monoisotopic (exact) mass is 442 g/mol. The molecule has 4 aromatic rings. The number of piperazine rings is 1. The minimum atomic E-state index is 0.627. The van der Waals surface area contributed by atoms with Crippen LogP contribution in [-0.2, 0) is 6.42 Å². The topological polar surface area (TPSA) is 45.4 Å². The van der Waals surface area contributed by atoms with Gasteiger partial charge in [0.05, 0.1) is 5.69 Å². The zero-order valence-corrected chi connectivity index (χ0v) is 19.2. The summed E-state index contributed by atoms with van der Waals surface area (Å²) in [4.78, 5) is 9.54. The van der Waals surface area contributed by atoms with Crippen LogP contribution in [0.2, 0.25) is 0 Å². The fraction of sp³-hybridized carbons (Fsp3) is 0.296. The fourth-order valence-corrected chi connectivity index (χ4v) is 5.20. The molecule has 0 radical (unpaired) electrons. The van der Waals surface area contributed by atoms with E-state index in [1.54, 1.807) is 0 Å². The van der Waals surface area contributed by atoms with Crippen LogP contribution >= 0.6 is 11.3 Å². The predicted molar refractivity (Wildman–Crippen MR) is 138 cm³/mol. The van der Waals surface area contributed by atoms with Crippen LogP contribution < -0.4 is 10.6 Å². The van der Waals surface area contributed by atoms with Crippen LogP contribution in [0.5, 0.6) is 0 Å². The lowest BCUT2D eigenvalue weighted by atomic mass is 10.0. The molecule has 164 valence electrons. The number of nitrogens with two attached hydrogens (primary N) is 1. The third-order valence-electron chi connectivity index (χ3n) is 6.44. The molecule has 0 unspecified atom stereocenters. The number of nitrogens with zero attached hydrogens (tertiary/aromatic N) is 3. The van der Waals surface area contributed by atoms with Crippen molar-refractivity contribution in [2.75, 3.05) is 43.4 Å². The van der Waals surface area contributed by atoms with Crippen LogP contribution in [0.3, 0.4) is 0 Å². The zero-order valence-electron chi connectivity index (χ0n) is 18.4. The molecule has 2 heterocycles. The molecule has 5 rings (SSSR count). The lowest BCUT2D eigenvalue weighted by Gasteiger charge is -2.36. The maximum atomic E-state index is 5.75. The van der Waals surface area contributed by atoms with Crippen LogP contribution in [0.15, 0.2) is 72.1 Å². The van der Waals surface area contributed by atoms with Crippen LogP contribution in [-0.4, -0.2) is 42.6 Å². The maximum Gasteiger partial charge on any atom is 0.180 e. The molecule has 1 fully saturated rings. The first-order valence-electron chi connectivity index (χ1n) is 11.5. The van der Waals surface area contributed by atoms with Crippen LogP contribution in [0.1, 0.15) is 18.4 Å². The number of benzene rings is 3. The van der Waals surface area contributed by atoms with Crippen molar-refractivity contribution in [1.82, 2.24) is 9.88 Å². The van der Waals surface area contributed by atoms with E-state index in [0.717, 1.165) is 43.9 Å². The number of unbranched alkanes of at least 4 members (excludes halogenated alkanes) is 1. The summed E-state index contributed by atoms with van der Waals surface area (Å²) in [6.45, 7) is 5.70. The highest BCUT2D eigenvalue weighted by atomic mass is 32.1. The smallest absolute Gasteiger partial charge is 0.180 e. The third kappa shape index (κ3) is 4.79. The largest absolute Gasteiger partial charge is 0.375 e. The van der Waals surface area contributed by atoms with E-state index in [1.165, 1.54) is 52.7 Å². The molecule has 1 saturated heterocycles. The molecule has 0 bridgehead atoms. The molecule has 5 heteroatoms. The quantitative estimate of drug-likeness (QED) is 0.374. The van der Waals surface area contributed by atoms with Crippen molar-refractivity contribution < 1.29 is 0 Å².